The molecule has 2 saturated heterocycles. The molecule has 2 aliphatic rings. The minimum Gasteiger partial charge on any atom is -0.368 e. The number of hydrogen-bond donors (Lipinski definition) is 1. The standard InChI is InChI=1S/C21H29F3N4O2.HI/c1-2-25-20(26-10-9-16-5-7-17(8-6-16)21(22,23)24)28-13-11-27(12-14-28)19(29)18-4-3-15-30-18;/h5-8,18H,2-4,9-15H2,1H3,(H,25,26);1H. The molecule has 1 atom stereocenters. The maximum atomic E-state index is 12.7. The molecule has 0 spiro atoms. The van der Waals surface area contributed by atoms with E-state index in [4.69, 9.17) is 4.74 Å². The van der Waals surface area contributed by atoms with E-state index in [1.807, 2.05) is 11.8 Å². The molecular weight excluding hydrogens is 524 g/mol. The molecule has 10 heteroatoms. The Morgan fingerprint density at radius 1 is 1.16 bits per heavy atom. The van der Waals surface area contributed by atoms with E-state index in [9.17, 15) is 18.0 Å². The van der Waals surface area contributed by atoms with Gasteiger partial charge in [0.15, 0.2) is 5.96 Å². The Hall–Kier alpha value is -1.56. The van der Waals surface area contributed by atoms with Gasteiger partial charge in [0.1, 0.15) is 6.10 Å². The van der Waals surface area contributed by atoms with Crippen LogP contribution >= 0.6 is 24.0 Å². The highest BCUT2D eigenvalue weighted by atomic mass is 127. The van der Waals surface area contributed by atoms with E-state index in [-0.39, 0.29) is 36.0 Å². The number of amides is 1. The van der Waals surface area contributed by atoms with Crippen LogP contribution in [0.5, 0.6) is 0 Å². The molecule has 0 bridgehead atoms. The molecule has 0 aromatic heterocycles. The quantitative estimate of drug-likeness (QED) is 0.346. The van der Waals surface area contributed by atoms with Crippen LogP contribution in [0.15, 0.2) is 29.3 Å². The molecule has 174 valence electrons. The van der Waals surface area contributed by atoms with Crippen molar-refractivity contribution >= 4 is 35.8 Å². The van der Waals surface area contributed by atoms with Crippen LogP contribution in [-0.2, 0) is 22.1 Å². The first-order chi connectivity index (χ1) is 14.4. The van der Waals surface area contributed by atoms with Crippen molar-refractivity contribution < 1.29 is 22.7 Å². The second-order valence-corrected chi connectivity index (χ2v) is 7.49. The van der Waals surface area contributed by atoms with Gasteiger partial charge in [0.2, 0.25) is 0 Å². The lowest BCUT2D eigenvalue weighted by Gasteiger charge is -2.37. The Morgan fingerprint density at radius 2 is 1.81 bits per heavy atom. The van der Waals surface area contributed by atoms with Crippen molar-refractivity contribution in [2.24, 2.45) is 4.99 Å². The maximum Gasteiger partial charge on any atom is 0.416 e. The molecule has 1 amide bonds. The average Bonchev–Trinajstić information content (AvgIpc) is 3.27. The summed E-state index contributed by atoms with van der Waals surface area (Å²) in [6.07, 6.45) is -2.31. The molecule has 2 aliphatic heterocycles. The van der Waals surface area contributed by atoms with Gasteiger partial charge < -0.3 is 19.9 Å². The van der Waals surface area contributed by atoms with Crippen molar-refractivity contribution in [3.8, 4) is 0 Å². The average molecular weight is 554 g/mol. The number of rotatable bonds is 5. The van der Waals surface area contributed by atoms with Gasteiger partial charge in [-0.3, -0.25) is 9.79 Å². The number of carbonyl (C=O) groups is 1. The minimum atomic E-state index is -4.32. The SMILES string of the molecule is CCNC(=NCCc1ccc(C(F)(F)F)cc1)N1CCN(C(=O)C2CCCO2)CC1.I. The van der Waals surface area contributed by atoms with Crippen molar-refractivity contribution in [1.82, 2.24) is 15.1 Å². The molecule has 6 nitrogen and oxygen atoms in total. The first-order valence-corrected chi connectivity index (χ1v) is 10.5. The lowest BCUT2D eigenvalue weighted by molar-refractivity contribution is -0.142. The van der Waals surface area contributed by atoms with Gasteiger partial charge in [0.05, 0.1) is 5.56 Å². The van der Waals surface area contributed by atoms with E-state index in [0.29, 0.717) is 52.3 Å². The summed E-state index contributed by atoms with van der Waals surface area (Å²) in [7, 11) is 0. The highest BCUT2D eigenvalue weighted by molar-refractivity contribution is 14.0. The van der Waals surface area contributed by atoms with Gasteiger partial charge in [-0.1, -0.05) is 12.1 Å². The van der Waals surface area contributed by atoms with Crippen molar-refractivity contribution in [3.63, 3.8) is 0 Å². The van der Waals surface area contributed by atoms with Crippen LogP contribution < -0.4 is 5.32 Å². The zero-order valence-electron chi connectivity index (χ0n) is 17.7. The fraction of sp³-hybridized carbons (Fsp3) is 0.619. The van der Waals surface area contributed by atoms with Gasteiger partial charge >= 0.3 is 6.18 Å². The number of nitrogens with one attached hydrogen (secondary N) is 1. The second-order valence-electron chi connectivity index (χ2n) is 7.49. The summed E-state index contributed by atoms with van der Waals surface area (Å²) in [5.74, 6) is 0.852. The maximum absolute atomic E-state index is 12.7. The summed E-state index contributed by atoms with van der Waals surface area (Å²) in [5.41, 5.74) is 0.174. The highest BCUT2D eigenvalue weighted by Crippen LogP contribution is 2.29. The summed E-state index contributed by atoms with van der Waals surface area (Å²) in [6.45, 7) is 6.46. The normalized spacial score (nSPS) is 19.9. The van der Waals surface area contributed by atoms with Crippen molar-refractivity contribution in [2.45, 2.75) is 38.5 Å². The predicted octanol–water partition coefficient (Wildman–Crippen LogP) is 3.15. The summed E-state index contributed by atoms with van der Waals surface area (Å²) in [4.78, 5) is 21.1. The number of aliphatic imine (C=N–C) groups is 1. The van der Waals surface area contributed by atoms with Crippen LogP contribution in [0.3, 0.4) is 0 Å². The third-order valence-electron chi connectivity index (χ3n) is 5.37. The van der Waals surface area contributed by atoms with E-state index in [1.165, 1.54) is 12.1 Å². The van der Waals surface area contributed by atoms with Crippen LogP contribution in [0.1, 0.15) is 30.9 Å². The smallest absolute Gasteiger partial charge is 0.368 e. The predicted molar refractivity (Wildman–Crippen MR) is 124 cm³/mol. The number of hydrogen-bond acceptors (Lipinski definition) is 3. The first-order valence-electron chi connectivity index (χ1n) is 10.5. The molecule has 2 fully saturated rings. The lowest BCUT2D eigenvalue weighted by Crippen LogP contribution is -2.55. The van der Waals surface area contributed by atoms with Crippen LogP contribution in [0.4, 0.5) is 13.2 Å². The molecule has 1 aromatic rings. The third kappa shape index (κ3) is 7.23. The van der Waals surface area contributed by atoms with E-state index in [2.05, 4.69) is 15.2 Å². The third-order valence-corrected chi connectivity index (χ3v) is 5.37. The molecule has 3 rings (SSSR count). The van der Waals surface area contributed by atoms with Gasteiger partial charge in [0.25, 0.3) is 5.91 Å². The fourth-order valence-corrected chi connectivity index (χ4v) is 3.69. The van der Waals surface area contributed by atoms with Gasteiger partial charge in [-0.25, -0.2) is 0 Å². The van der Waals surface area contributed by atoms with Gasteiger partial charge in [-0.15, -0.1) is 24.0 Å². The number of nitrogens with zero attached hydrogens (tertiary/aromatic N) is 3. The summed E-state index contributed by atoms with van der Waals surface area (Å²) in [5, 5.41) is 3.27. The topological polar surface area (TPSA) is 57.2 Å². The number of carbonyl (C=O) groups excluding carboxylic acids is 1. The number of benzene rings is 1. The van der Waals surface area contributed by atoms with Crippen LogP contribution in [-0.4, -0.2) is 73.6 Å². The Bertz CT molecular complexity index is 729. The number of halogens is 4. The Morgan fingerprint density at radius 3 is 2.35 bits per heavy atom. The number of piperazine rings is 1. The zero-order valence-corrected chi connectivity index (χ0v) is 20.0. The fourth-order valence-electron chi connectivity index (χ4n) is 3.69. The van der Waals surface area contributed by atoms with Crippen molar-refractivity contribution in [1.29, 1.82) is 0 Å². The summed E-state index contributed by atoms with van der Waals surface area (Å²) < 4.78 is 43.5. The minimum absolute atomic E-state index is 0. The van der Waals surface area contributed by atoms with E-state index in [0.717, 1.165) is 36.5 Å². The highest BCUT2D eigenvalue weighted by Gasteiger charge is 2.31. The number of alkyl halides is 3. The van der Waals surface area contributed by atoms with Crippen LogP contribution in [0.2, 0.25) is 0 Å². The lowest BCUT2D eigenvalue weighted by atomic mass is 10.1. The second kappa shape index (κ2) is 11.9. The van der Waals surface area contributed by atoms with Crippen LogP contribution in [0, 0.1) is 0 Å². The molecule has 0 aliphatic carbocycles. The summed E-state index contributed by atoms with van der Waals surface area (Å²) >= 11 is 0. The molecule has 0 saturated carbocycles. The zero-order chi connectivity index (χ0) is 21.6. The van der Waals surface area contributed by atoms with Gasteiger partial charge in [-0.05, 0) is 43.9 Å². The van der Waals surface area contributed by atoms with E-state index >= 15 is 0 Å². The van der Waals surface area contributed by atoms with Gasteiger partial charge in [-0.2, -0.15) is 13.2 Å². The number of ether oxygens (including phenoxy) is 1. The van der Waals surface area contributed by atoms with Crippen molar-refractivity contribution in [2.75, 3.05) is 45.9 Å². The van der Waals surface area contributed by atoms with Crippen LogP contribution in [0.25, 0.3) is 0 Å². The molecule has 31 heavy (non-hydrogen) atoms. The molecule has 1 unspecified atom stereocenters. The molecular formula is C21H30F3IN4O2. The van der Waals surface area contributed by atoms with E-state index in [1.54, 1.807) is 0 Å². The molecule has 1 aromatic carbocycles. The first kappa shape index (κ1) is 25.7. The Kier molecular flexibility index (Phi) is 9.86. The largest absolute Gasteiger partial charge is 0.416 e. The number of guanidine groups is 1. The molecule has 1 N–H and O–H groups in total. The Balaban J connectivity index is 0.00000341. The molecule has 0 radical (unpaired) electrons. The van der Waals surface area contributed by atoms with Gasteiger partial charge in [0, 0.05) is 45.9 Å². The monoisotopic (exact) mass is 554 g/mol. The van der Waals surface area contributed by atoms with Crippen molar-refractivity contribution in [3.05, 3.63) is 35.4 Å². The van der Waals surface area contributed by atoms with E-state index < -0.39 is 11.7 Å². The Labute approximate surface area is 198 Å². The summed E-state index contributed by atoms with van der Waals surface area (Å²) in [6, 6.07) is 5.21. The molecule has 2 heterocycles.